The van der Waals surface area contributed by atoms with Crippen LogP contribution in [0.15, 0.2) is 42.0 Å². The van der Waals surface area contributed by atoms with Gasteiger partial charge in [-0.2, -0.15) is 5.26 Å². The van der Waals surface area contributed by atoms with Gasteiger partial charge in [-0.1, -0.05) is 6.07 Å². The topological polar surface area (TPSA) is 70.3 Å². The lowest BCUT2D eigenvalue weighted by atomic mass is 9.90. The largest absolute Gasteiger partial charge is 0.488 e. The van der Waals surface area contributed by atoms with Crippen LogP contribution in [0.3, 0.4) is 0 Å². The molecule has 5 heteroatoms. The number of allylic oxidation sites excluding steroid dienone is 1. The predicted molar refractivity (Wildman–Crippen MR) is 81.4 cm³/mol. The van der Waals surface area contributed by atoms with Gasteiger partial charge in [0.2, 0.25) is 0 Å². The van der Waals surface area contributed by atoms with Gasteiger partial charge in [0.15, 0.2) is 0 Å². The summed E-state index contributed by atoms with van der Waals surface area (Å²) < 4.78 is 19.4. The Labute approximate surface area is 132 Å². The summed E-state index contributed by atoms with van der Waals surface area (Å²) >= 11 is 0. The van der Waals surface area contributed by atoms with E-state index < -0.39 is 11.8 Å². The van der Waals surface area contributed by atoms with Gasteiger partial charge in [0.05, 0.1) is 11.6 Å². The van der Waals surface area contributed by atoms with Crippen molar-refractivity contribution in [3.05, 3.63) is 70.0 Å². The van der Waals surface area contributed by atoms with Gasteiger partial charge in [-0.05, 0) is 48.4 Å². The summed E-state index contributed by atoms with van der Waals surface area (Å²) in [5.41, 5.74) is 2.92. The van der Waals surface area contributed by atoms with Gasteiger partial charge >= 0.3 is 5.97 Å². The smallest absolute Gasteiger partial charge is 0.335 e. The molecule has 2 aromatic rings. The molecule has 0 amide bonds. The molecule has 0 unspecified atom stereocenters. The quantitative estimate of drug-likeness (QED) is 0.814. The number of aromatic carboxylic acids is 1. The SMILES string of the molecule is C/C(C#N)=C1\c2ccc(C(=O)O)cc2COc2ccc(F)cc21. The molecule has 0 spiro atoms. The molecule has 1 N–H and O–H groups in total. The number of hydrogen-bond acceptors (Lipinski definition) is 3. The second-order valence-electron chi connectivity index (χ2n) is 5.22. The molecular weight excluding hydrogens is 297 g/mol. The fraction of sp³-hybridized carbons (Fsp3) is 0.111. The number of hydrogen-bond donors (Lipinski definition) is 1. The molecule has 114 valence electrons. The summed E-state index contributed by atoms with van der Waals surface area (Å²) in [5.74, 6) is -1.01. The number of benzene rings is 2. The van der Waals surface area contributed by atoms with Gasteiger partial charge in [0.25, 0.3) is 0 Å². The van der Waals surface area contributed by atoms with E-state index in [0.29, 0.717) is 33.6 Å². The zero-order chi connectivity index (χ0) is 16.6. The van der Waals surface area contributed by atoms with Crippen molar-refractivity contribution in [1.82, 2.24) is 0 Å². The highest BCUT2D eigenvalue weighted by Gasteiger charge is 2.23. The molecule has 0 saturated carbocycles. The van der Waals surface area contributed by atoms with E-state index in [1.165, 1.54) is 30.3 Å². The third-order valence-electron chi connectivity index (χ3n) is 3.76. The van der Waals surface area contributed by atoms with E-state index in [4.69, 9.17) is 9.84 Å². The van der Waals surface area contributed by atoms with Crippen molar-refractivity contribution < 1.29 is 19.0 Å². The van der Waals surface area contributed by atoms with Crippen molar-refractivity contribution >= 4 is 11.5 Å². The van der Waals surface area contributed by atoms with E-state index >= 15 is 0 Å². The highest BCUT2D eigenvalue weighted by Crippen LogP contribution is 2.39. The normalized spacial score (nSPS) is 14.7. The molecule has 2 aromatic carbocycles. The van der Waals surface area contributed by atoms with Crippen molar-refractivity contribution in [2.45, 2.75) is 13.5 Å². The summed E-state index contributed by atoms with van der Waals surface area (Å²) in [7, 11) is 0. The Morgan fingerprint density at radius 2 is 2.04 bits per heavy atom. The number of nitriles is 1. The Balaban J connectivity index is 2.32. The molecular formula is C18H12FNO3. The second kappa shape index (κ2) is 5.58. The third kappa shape index (κ3) is 2.55. The zero-order valence-corrected chi connectivity index (χ0v) is 12.3. The fourth-order valence-electron chi connectivity index (χ4n) is 2.67. The van der Waals surface area contributed by atoms with Crippen LogP contribution in [-0.2, 0) is 6.61 Å². The molecule has 23 heavy (non-hydrogen) atoms. The lowest BCUT2D eigenvalue weighted by Crippen LogP contribution is -2.02. The van der Waals surface area contributed by atoms with E-state index in [2.05, 4.69) is 6.07 Å². The highest BCUT2D eigenvalue weighted by atomic mass is 19.1. The average Bonchev–Trinajstić information content (AvgIpc) is 2.69. The van der Waals surface area contributed by atoms with Crippen LogP contribution in [0.25, 0.3) is 5.57 Å². The predicted octanol–water partition coefficient (Wildman–Crippen LogP) is 3.76. The Hall–Kier alpha value is -3.13. The van der Waals surface area contributed by atoms with Crippen molar-refractivity contribution in [2.24, 2.45) is 0 Å². The first-order valence-electron chi connectivity index (χ1n) is 6.91. The molecule has 0 saturated heterocycles. The average molecular weight is 309 g/mol. The van der Waals surface area contributed by atoms with Crippen LogP contribution in [0.5, 0.6) is 5.75 Å². The van der Waals surface area contributed by atoms with Crippen LogP contribution in [0.1, 0.15) is 34.0 Å². The van der Waals surface area contributed by atoms with E-state index in [1.54, 1.807) is 13.0 Å². The van der Waals surface area contributed by atoms with E-state index in [0.717, 1.165) is 0 Å². The minimum absolute atomic E-state index is 0.137. The molecule has 0 aromatic heterocycles. The Bertz CT molecular complexity index is 894. The van der Waals surface area contributed by atoms with Gasteiger partial charge < -0.3 is 9.84 Å². The molecule has 0 aliphatic carbocycles. The van der Waals surface area contributed by atoms with Crippen LogP contribution in [-0.4, -0.2) is 11.1 Å². The van der Waals surface area contributed by atoms with Gasteiger partial charge in [0.1, 0.15) is 18.2 Å². The van der Waals surface area contributed by atoms with E-state index in [9.17, 15) is 14.4 Å². The van der Waals surface area contributed by atoms with Crippen LogP contribution in [0, 0.1) is 17.1 Å². The summed E-state index contributed by atoms with van der Waals surface area (Å²) in [6, 6.07) is 10.8. The molecule has 0 fully saturated rings. The van der Waals surface area contributed by atoms with E-state index in [-0.39, 0.29) is 12.2 Å². The number of carbonyl (C=O) groups is 1. The van der Waals surface area contributed by atoms with Crippen molar-refractivity contribution in [3.63, 3.8) is 0 Å². The lowest BCUT2D eigenvalue weighted by Gasteiger charge is -2.11. The number of rotatable bonds is 1. The standard InChI is InChI=1S/C18H12FNO3/c1-10(8-20)17-14-4-2-11(18(21)22)6-12(14)9-23-16-5-3-13(19)7-15(16)17/h2-7H,9H2,1H3,(H,21,22)/b17-10-. The Morgan fingerprint density at radius 1 is 1.26 bits per heavy atom. The second-order valence-corrected chi connectivity index (χ2v) is 5.22. The Kier molecular flexibility index (Phi) is 3.59. The zero-order valence-electron chi connectivity index (χ0n) is 12.3. The highest BCUT2D eigenvalue weighted by molar-refractivity contribution is 5.92. The maximum Gasteiger partial charge on any atom is 0.335 e. The molecule has 4 nitrogen and oxygen atoms in total. The number of carboxylic acids is 1. The summed E-state index contributed by atoms with van der Waals surface area (Å²) in [4.78, 5) is 11.2. The number of fused-ring (bicyclic) bond motifs is 2. The summed E-state index contributed by atoms with van der Waals surface area (Å²) in [6.45, 7) is 1.79. The van der Waals surface area contributed by atoms with Crippen molar-refractivity contribution in [2.75, 3.05) is 0 Å². The van der Waals surface area contributed by atoms with Gasteiger partial charge in [0, 0.05) is 16.7 Å². The monoisotopic (exact) mass is 309 g/mol. The van der Waals surface area contributed by atoms with Crippen LogP contribution < -0.4 is 4.74 Å². The number of carboxylic acid groups (broad SMARTS) is 1. The van der Waals surface area contributed by atoms with Crippen LogP contribution in [0.2, 0.25) is 0 Å². The third-order valence-corrected chi connectivity index (χ3v) is 3.76. The lowest BCUT2D eigenvalue weighted by molar-refractivity contribution is 0.0696. The molecule has 0 bridgehead atoms. The maximum atomic E-state index is 13.7. The number of ether oxygens (including phenoxy) is 1. The van der Waals surface area contributed by atoms with Crippen LogP contribution in [0.4, 0.5) is 4.39 Å². The minimum atomic E-state index is -1.04. The van der Waals surface area contributed by atoms with Crippen molar-refractivity contribution in [3.8, 4) is 11.8 Å². The summed E-state index contributed by atoms with van der Waals surface area (Å²) in [5, 5.41) is 18.4. The van der Waals surface area contributed by atoms with Crippen molar-refractivity contribution in [1.29, 1.82) is 5.26 Å². The molecule has 0 radical (unpaired) electrons. The van der Waals surface area contributed by atoms with Gasteiger partial charge in [-0.15, -0.1) is 0 Å². The molecule has 3 rings (SSSR count). The van der Waals surface area contributed by atoms with Crippen LogP contribution >= 0.6 is 0 Å². The Morgan fingerprint density at radius 3 is 2.74 bits per heavy atom. The maximum absolute atomic E-state index is 13.7. The number of halogens is 1. The first kappa shape index (κ1) is 14.8. The van der Waals surface area contributed by atoms with Gasteiger partial charge in [-0.3, -0.25) is 0 Å². The van der Waals surface area contributed by atoms with E-state index in [1.807, 2.05) is 0 Å². The first-order chi connectivity index (χ1) is 11.0. The van der Waals surface area contributed by atoms with Gasteiger partial charge in [-0.25, -0.2) is 9.18 Å². The minimum Gasteiger partial charge on any atom is -0.488 e. The fourth-order valence-corrected chi connectivity index (χ4v) is 2.67. The first-order valence-corrected chi connectivity index (χ1v) is 6.91. The number of nitrogens with zero attached hydrogens (tertiary/aromatic N) is 1. The summed E-state index contributed by atoms with van der Waals surface area (Å²) in [6.07, 6.45) is 0. The molecule has 1 heterocycles. The molecule has 1 aliphatic rings. The molecule has 0 atom stereocenters. The molecule has 1 aliphatic heterocycles.